The summed E-state index contributed by atoms with van der Waals surface area (Å²) in [5.74, 6) is -0.524. The Bertz CT molecular complexity index is 1330. The van der Waals surface area contributed by atoms with Gasteiger partial charge >= 0.3 is 12.4 Å². The van der Waals surface area contributed by atoms with Gasteiger partial charge in [0, 0.05) is 11.8 Å². The molecule has 0 spiro atoms. The molecule has 0 saturated heterocycles. The van der Waals surface area contributed by atoms with Crippen molar-refractivity contribution in [2.45, 2.75) is 25.9 Å². The van der Waals surface area contributed by atoms with Gasteiger partial charge in [-0.1, -0.05) is 23.5 Å². The summed E-state index contributed by atoms with van der Waals surface area (Å²) < 4.78 is 89.5. The fourth-order valence-electron chi connectivity index (χ4n) is 3.06. The lowest BCUT2D eigenvalue weighted by molar-refractivity contribution is -0.143. The molecular weight excluding hydrogens is 526 g/mol. The molecule has 0 bridgehead atoms. The summed E-state index contributed by atoms with van der Waals surface area (Å²) in [7, 11) is 1.27. The Morgan fingerprint density at radius 2 is 1.78 bits per heavy atom. The number of ether oxygens (including phenoxy) is 2. The standard InChI is InChI=1S/C23H18F6N4O3S/c1-12-32-33-21(37-12)31-20(34)15(10-30)7-13-3-6-18(19(8-13)35-2)36-11-14-4-5-16(22(24,25)26)9-17(14)23(27,28)29/h3-10,30H,11H2,1-2H3,(H,31,33,34)/b15-7-,30-10?. The van der Waals surface area contributed by atoms with E-state index in [9.17, 15) is 31.1 Å². The quantitative estimate of drug-likeness (QED) is 0.202. The molecule has 0 aliphatic rings. The minimum atomic E-state index is -5.03. The molecule has 2 N–H and O–H groups in total. The van der Waals surface area contributed by atoms with Crippen molar-refractivity contribution in [2.75, 3.05) is 12.4 Å². The lowest BCUT2D eigenvalue weighted by atomic mass is 10.0. The van der Waals surface area contributed by atoms with E-state index in [2.05, 4.69) is 15.5 Å². The van der Waals surface area contributed by atoms with E-state index in [0.717, 1.165) is 17.6 Å². The molecule has 1 heterocycles. The molecule has 0 unspecified atom stereocenters. The highest BCUT2D eigenvalue weighted by molar-refractivity contribution is 7.15. The van der Waals surface area contributed by atoms with Gasteiger partial charge in [0.15, 0.2) is 11.5 Å². The summed E-state index contributed by atoms with van der Waals surface area (Å²) in [4.78, 5) is 12.4. The predicted molar refractivity (Wildman–Crippen MR) is 124 cm³/mol. The molecule has 0 atom stereocenters. The molecule has 37 heavy (non-hydrogen) atoms. The van der Waals surface area contributed by atoms with Crippen LogP contribution in [0.3, 0.4) is 0 Å². The number of benzene rings is 2. The van der Waals surface area contributed by atoms with Crippen molar-refractivity contribution in [3.05, 3.63) is 69.2 Å². The third-order valence-electron chi connectivity index (χ3n) is 4.80. The summed E-state index contributed by atoms with van der Waals surface area (Å²) in [6.07, 6.45) is -7.78. The van der Waals surface area contributed by atoms with Crippen LogP contribution in [-0.2, 0) is 23.8 Å². The zero-order valence-electron chi connectivity index (χ0n) is 19.1. The van der Waals surface area contributed by atoms with Crippen molar-refractivity contribution in [3.8, 4) is 11.5 Å². The minimum absolute atomic E-state index is 0.0119. The smallest absolute Gasteiger partial charge is 0.416 e. The van der Waals surface area contributed by atoms with E-state index >= 15 is 0 Å². The number of carbonyl (C=O) groups excluding carboxylic acids is 1. The van der Waals surface area contributed by atoms with Gasteiger partial charge in [0.25, 0.3) is 5.91 Å². The summed E-state index contributed by atoms with van der Waals surface area (Å²) in [5, 5.41) is 18.5. The number of amides is 1. The molecule has 0 aliphatic heterocycles. The number of anilines is 1. The van der Waals surface area contributed by atoms with Crippen LogP contribution < -0.4 is 14.8 Å². The van der Waals surface area contributed by atoms with Gasteiger partial charge in [0.2, 0.25) is 5.13 Å². The topological polar surface area (TPSA) is 97.2 Å². The largest absolute Gasteiger partial charge is 0.493 e. The molecule has 7 nitrogen and oxygen atoms in total. The van der Waals surface area contributed by atoms with Crippen molar-refractivity contribution in [1.82, 2.24) is 10.2 Å². The lowest BCUT2D eigenvalue weighted by Crippen LogP contribution is -2.15. The number of hydrogen-bond acceptors (Lipinski definition) is 7. The van der Waals surface area contributed by atoms with Crippen LogP contribution in [0.5, 0.6) is 11.5 Å². The molecule has 0 fully saturated rings. The Morgan fingerprint density at radius 1 is 1.05 bits per heavy atom. The highest BCUT2D eigenvalue weighted by Gasteiger charge is 2.38. The maximum Gasteiger partial charge on any atom is 0.416 e. The first-order chi connectivity index (χ1) is 17.3. The number of aryl methyl sites for hydroxylation is 1. The predicted octanol–water partition coefficient (Wildman–Crippen LogP) is 6.14. The molecule has 1 amide bonds. The molecule has 1 aromatic heterocycles. The number of aromatic nitrogens is 2. The maximum atomic E-state index is 13.4. The van der Waals surface area contributed by atoms with E-state index in [0.29, 0.717) is 22.7 Å². The van der Waals surface area contributed by atoms with Gasteiger partial charge in [-0.05, 0) is 42.8 Å². The second-order valence-electron chi connectivity index (χ2n) is 7.39. The van der Waals surface area contributed by atoms with E-state index in [1.807, 2.05) is 0 Å². The average molecular weight is 544 g/mol. The van der Waals surface area contributed by atoms with Crippen LogP contribution in [0.15, 0.2) is 42.0 Å². The second kappa shape index (κ2) is 11.0. The van der Waals surface area contributed by atoms with Crippen molar-refractivity contribution in [3.63, 3.8) is 0 Å². The Balaban J connectivity index is 1.82. The lowest BCUT2D eigenvalue weighted by Gasteiger charge is -2.17. The number of carbonyl (C=O) groups is 1. The van der Waals surface area contributed by atoms with E-state index in [-0.39, 0.29) is 28.3 Å². The molecule has 0 aliphatic carbocycles. The highest BCUT2D eigenvalue weighted by atomic mass is 32.1. The molecular formula is C23H18F6N4O3S. The molecule has 0 radical (unpaired) electrons. The summed E-state index contributed by atoms with van der Waals surface area (Å²) in [6, 6.07) is 5.53. The van der Waals surface area contributed by atoms with Gasteiger partial charge in [0.1, 0.15) is 11.6 Å². The van der Waals surface area contributed by atoms with Crippen LogP contribution in [0.1, 0.15) is 27.3 Å². The van der Waals surface area contributed by atoms with Crippen LogP contribution in [0.2, 0.25) is 0 Å². The van der Waals surface area contributed by atoms with Crippen LogP contribution >= 0.6 is 11.3 Å². The normalized spacial score (nSPS) is 12.3. The molecule has 196 valence electrons. The number of methoxy groups -OCH3 is 1. The third-order valence-corrected chi connectivity index (χ3v) is 5.55. The van der Waals surface area contributed by atoms with Gasteiger partial charge in [-0.3, -0.25) is 10.1 Å². The first-order valence-corrected chi connectivity index (χ1v) is 11.0. The van der Waals surface area contributed by atoms with E-state index < -0.39 is 41.6 Å². The number of hydrogen-bond donors (Lipinski definition) is 2. The SMILES string of the molecule is COc1cc(/C=C(/C=N)C(=O)Nc2nnc(C)s2)ccc1OCc1ccc(C(F)(F)F)cc1C(F)(F)F. The van der Waals surface area contributed by atoms with Crippen molar-refractivity contribution >= 4 is 34.7 Å². The van der Waals surface area contributed by atoms with Crippen LogP contribution in [0.25, 0.3) is 6.08 Å². The van der Waals surface area contributed by atoms with Crippen molar-refractivity contribution < 1.29 is 40.6 Å². The van der Waals surface area contributed by atoms with Gasteiger partial charge < -0.3 is 14.9 Å². The van der Waals surface area contributed by atoms with Gasteiger partial charge in [-0.2, -0.15) is 26.3 Å². The summed E-state index contributed by atoms with van der Waals surface area (Å²) in [5.41, 5.74) is -3.03. The van der Waals surface area contributed by atoms with Gasteiger partial charge in [-0.15, -0.1) is 10.2 Å². The Morgan fingerprint density at radius 3 is 2.35 bits per heavy atom. The monoisotopic (exact) mass is 544 g/mol. The van der Waals surface area contributed by atoms with Crippen LogP contribution in [0.4, 0.5) is 31.5 Å². The van der Waals surface area contributed by atoms with E-state index in [4.69, 9.17) is 14.9 Å². The highest BCUT2D eigenvalue weighted by Crippen LogP contribution is 2.38. The first kappa shape index (κ1) is 27.6. The minimum Gasteiger partial charge on any atom is -0.493 e. The van der Waals surface area contributed by atoms with Crippen LogP contribution in [0, 0.1) is 12.3 Å². The summed E-state index contributed by atoms with van der Waals surface area (Å²) in [6.45, 7) is 1.02. The number of halogens is 6. The first-order valence-electron chi connectivity index (χ1n) is 10.2. The maximum absolute atomic E-state index is 13.4. The summed E-state index contributed by atoms with van der Waals surface area (Å²) >= 11 is 1.15. The van der Waals surface area contributed by atoms with Gasteiger partial charge in [0.05, 0.1) is 23.8 Å². The Hall–Kier alpha value is -3.94. The zero-order chi connectivity index (χ0) is 27.4. The third kappa shape index (κ3) is 7.06. The molecule has 0 saturated carbocycles. The van der Waals surface area contributed by atoms with Gasteiger partial charge in [-0.25, -0.2) is 0 Å². The number of alkyl halides is 6. The molecule has 14 heteroatoms. The number of nitrogens with one attached hydrogen (secondary N) is 2. The fourth-order valence-corrected chi connectivity index (χ4v) is 3.65. The van der Waals surface area contributed by atoms with E-state index in [1.165, 1.54) is 31.4 Å². The number of rotatable bonds is 8. The fraction of sp³-hybridized carbons (Fsp3) is 0.217. The van der Waals surface area contributed by atoms with Crippen molar-refractivity contribution in [2.24, 2.45) is 0 Å². The molecule has 3 aromatic rings. The Kier molecular flexibility index (Phi) is 8.21. The number of nitrogens with zero attached hydrogens (tertiary/aromatic N) is 2. The Labute approximate surface area is 210 Å². The van der Waals surface area contributed by atoms with Crippen molar-refractivity contribution in [1.29, 1.82) is 5.41 Å². The molecule has 3 rings (SSSR count). The van der Waals surface area contributed by atoms with Crippen LogP contribution in [-0.4, -0.2) is 29.4 Å². The second-order valence-corrected chi connectivity index (χ2v) is 8.57. The van der Waals surface area contributed by atoms with E-state index in [1.54, 1.807) is 6.92 Å². The zero-order valence-corrected chi connectivity index (χ0v) is 19.9. The average Bonchev–Trinajstić information content (AvgIpc) is 3.24. The molecule has 2 aromatic carbocycles.